The SMILES string of the molecule is CC(C)(C)c1cc(-c2c3nc(c(C#C[Si](C)(C)C)c4nc(c(-c5cc(C(C)(C)C)cc(C(C)(C)C)c5)c5ccc([nH]5)c(C#Cc5ccccc5)c5ccc2[nH]5)C=C4)C=C3)cc(C(C)(C)C)c1. The molecule has 0 saturated carbocycles. The number of nitrogens with zero attached hydrogens (tertiary/aromatic N) is 2. The van der Waals surface area contributed by atoms with E-state index in [2.05, 4.69) is 233 Å². The zero-order chi connectivity index (χ0) is 47.6. The van der Waals surface area contributed by atoms with Gasteiger partial charge in [0, 0.05) is 27.7 Å². The first-order valence-electron chi connectivity index (χ1n) is 23.4. The maximum absolute atomic E-state index is 5.52. The molecular weight excluding hydrogens is 817 g/mol. The highest BCUT2D eigenvalue weighted by Crippen LogP contribution is 2.40. The molecule has 334 valence electrons. The fourth-order valence-electron chi connectivity index (χ4n) is 8.26. The van der Waals surface area contributed by atoms with E-state index in [1.54, 1.807) is 0 Å². The summed E-state index contributed by atoms with van der Waals surface area (Å²) in [5, 5.41) is 0. The Balaban J connectivity index is 1.58. The van der Waals surface area contributed by atoms with Crippen molar-refractivity contribution in [3.05, 3.63) is 153 Å². The van der Waals surface area contributed by atoms with Crippen molar-refractivity contribution < 1.29 is 0 Å². The topological polar surface area (TPSA) is 57.4 Å². The molecule has 8 bridgehead atoms. The summed E-state index contributed by atoms with van der Waals surface area (Å²) in [5.41, 5.74) is 22.5. The van der Waals surface area contributed by atoms with Gasteiger partial charge >= 0.3 is 0 Å². The van der Waals surface area contributed by atoms with Crippen LogP contribution in [0.25, 0.3) is 68.6 Å². The van der Waals surface area contributed by atoms with Crippen LogP contribution in [-0.2, 0) is 21.7 Å². The fraction of sp³-hybridized carbons (Fsp3) is 0.311. The van der Waals surface area contributed by atoms with Gasteiger partial charge in [0.25, 0.3) is 0 Å². The second-order valence-corrected chi connectivity index (χ2v) is 28.0. The van der Waals surface area contributed by atoms with Gasteiger partial charge in [0.05, 0.1) is 44.9 Å². The second-order valence-electron chi connectivity index (χ2n) is 23.2. The summed E-state index contributed by atoms with van der Waals surface area (Å²) in [5.74, 6) is 10.8. The average Bonchev–Trinajstić information content (AvgIpc) is 4.07. The third kappa shape index (κ3) is 9.89. The van der Waals surface area contributed by atoms with Crippen LogP contribution >= 0.6 is 0 Å². The number of rotatable bonds is 2. The number of hydrogen-bond donors (Lipinski definition) is 2. The molecule has 66 heavy (non-hydrogen) atoms. The quantitative estimate of drug-likeness (QED) is 0.134. The number of nitrogens with one attached hydrogen (secondary N) is 2. The molecule has 6 aromatic rings. The Bertz CT molecular complexity index is 3020. The van der Waals surface area contributed by atoms with Crippen molar-refractivity contribution >= 4 is 54.4 Å². The maximum atomic E-state index is 5.52. The maximum Gasteiger partial charge on any atom is 0.129 e. The van der Waals surface area contributed by atoms with Gasteiger partial charge in [0.1, 0.15) is 8.07 Å². The van der Waals surface area contributed by atoms with Gasteiger partial charge < -0.3 is 9.97 Å². The van der Waals surface area contributed by atoms with Crippen LogP contribution in [0.5, 0.6) is 0 Å². The van der Waals surface area contributed by atoms with Gasteiger partial charge in [-0.2, -0.15) is 0 Å². The molecule has 3 aromatic carbocycles. The Morgan fingerprint density at radius 1 is 0.409 bits per heavy atom. The van der Waals surface area contributed by atoms with Crippen molar-refractivity contribution in [2.24, 2.45) is 0 Å². The number of H-pyrrole nitrogens is 2. The third-order valence-corrected chi connectivity index (χ3v) is 13.2. The van der Waals surface area contributed by atoms with Gasteiger partial charge in [-0.15, -0.1) is 5.54 Å². The predicted octanol–water partition coefficient (Wildman–Crippen LogP) is 15.8. The Morgan fingerprint density at radius 3 is 1.17 bits per heavy atom. The highest BCUT2D eigenvalue weighted by Gasteiger charge is 2.26. The number of benzene rings is 3. The monoisotopic (exact) mass is 883 g/mol. The Morgan fingerprint density at radius 2 is 0.788 bits per heavy atom. The molecule has 4 nitrogen and oxygen atoms in total. The number of aromatic amines is 2. The summed E-state index contributed by atoms with van der Waals surface area (Å²) in [6.45, 7) is 34.3. The number of aromatic nitrogens is 4. The van der Waals surface area contributed by atoms with Gasteiger partial charge in [-0.3, -0.25) is 0 Å². The molecule has 0 spiro atoms. The lowest BCUT2D eigenvalue weighted by Crippen LogP contribution is -2.16. The molecule has 0 fully saturated rings. The van der Waals surface area contributed by atoms with Crippen LogP contribution in [-0.4, -0.2) is 28.0 Å². The molecule has 3 aromatic heterocycles. The van der Waals surface area contributed by atoms with Gasteiger partial charge in [-0.1, -0.05) is 175 Å². The molecule has 0 amide bonds. The van der Waals surface area contributed by atoms with Gasteiger partial charge in [0.2, 0.25) is 0 Å². The number of hydrogen-bond acceptors (Lipinski definition) is 2. The summed E-state index contributed by atoms with van der Waals surface area (Å²) in [7, 11) is -1.81. The summed E-state index contributed by atoms with van der Waals surface area (Å²) in [6, 6.07) is 33.1. The van der Waals surface area contributed by atoms with Crippen LogP contribution in [0, 0.1) is 23.3 Å². The smallest absolute Gasteiger partial charge is 0.129 e. The normalized spacial score (nSPS) is 13.0. The molecule has 0 atom stereocenters. The van der Waals surface area contributed by atoms with E-state index >= 15 is 0 Å². The minimum Gasteiger partial charge on any atom is -0.354 e. The minimum absolute atomic E-state index is 0.0769. The highest BCUT2D eigenvalue weighted by molar-refractivity contribution is 6.83. The summed E-state index contributed by atoms with van der Waals surface area (Å²) >= 11 is 0. The van der Waals surface area contributed by atoms with Crippen LogP contribution in [0.3, 0.4) is 0 Å². The van der Waals surface area contributed by atoms with E-state index in [-0.39, 0.29) is 21.7 Å². The highest BCUT2D eigenvalue weighted by atomic mass is 28.3. The van der Waals surface area contributed by atoms with E-state index in [1.165, 1.54) is 22.3 Å². The van der Waals surface area contributed by atoms with Crippen molar-refractivity contribution in [3.8, 4) is 45.6 Å². The van der Waals surface area contributed by atoms with Crippen LogP contribution in [0.2, 0.25) is 19.6 Å². The van der Waals surface area contributed by atoms with Crippen molar-refractivity contribution in [1.29, 1.82) is 0 Å². The predicted molar refractivity (Wildman–Crippen MR) is 287 cm³/mol. The van der Waals surface area contributed by atoms with E-state index in [4.69, 9.17) is 9.97 Å². The van der Waals surface area contributed by atoms with E-state index in [0.717, 1.165) is 83.8 Å². The third-order valence-electron chi connectivity index (χ3n) is 12.3. The standard InChI is InChI=1S/C61H66N4Si/c1-58(2,3)42-33-40(34-43(37-42)59(4,5)6)56-52-27-23-48(62-52)46(22-21-39-19-17-16-18-20-39)49-24-28-53(63-49)57(41-35-44(60(7,8)9)38-45(36-41)61(10,11)12)55-30-26-51(65-55)47(31-32-66(13,14)15)50-25-29-54(56)64-50/h16-20,23-30,33-38,62-63H,1-15H3. The molecule has 5 heteroatoms. The molecule has 0 unspecified atom stereocenters. The van der Waals surface area contributed by atoms with Crippen LogP contribution < -0.4 is 0 Å². The lowest BCUT2D eigenvalue weighted by Gasteiger charge is -2.26. The first kappa shape index (κ1) is 46.1. The van der Waals surface area contributed by atoms with Crippen molar-refractivity contribution in [2.45, 2.75) is 124 Å². The molecule has 2 aliphatic rings. The molecule has 5 heterocycles. The molecule has 2 N–H and O–H groups in total. The fourth-order valence-corrected chi connectivity index (χ4v) is 8.76. The van der Waals surface area contributed by atoms with Gasteiger partial charge in [-0.25, -0.2) is 9.97 Å². The summed E-state index contributed by atoms with van der Waals surface area (Å²) in [6.07, 6.45) is 8.57. The zero-order valence-electron chi connectivity index (χ0n) is 41.9. The molecule has 0 aliphatic carbocycles. The average molecular weight is 883 g/mol. The Labute approximate surface area is 395 Å². The van der Waals surface area contributed by atoms with E-state index in [0.29, 0.717) is 0 Å². The Hall–Kier alpha value is -6.40. The van der Waals surface area contributed by atoms with Crippen molar-refractivity contribution in [2.75, 3.05) is 0 Å². The molecular formula is C61H66N4Si. The first-order valence-corrected chi connectivity index (χ1v) is 26.9. The van der Waals surface area contributed by atoms with Crippen molar-refractivity contribution in [1.82, 2.24) is 19.9 Å². The molecule has 2 aliphatic heterocycles. The van der Waals surface area contributed by atoms with Crippen molar-refractivity contribution in [3.63, 3.8) is 0 Å². The largest absolute Gasteiger partial charge is 0.354 e. The van der Waals surface area contributed by atoms with Crippen LogP contribution in [0.1, 0.15) is 145 Å². The molecule has 8 rings (SSSR count). The van der Waals surface area contributed by atoms with Gasteiger partial charge in [-0.05, 0) is 116 Å². The minimum atomic E-state index is -1.81. The number of fused-ring (bicyclic) bond motifs is 8. The molecule has 0 saturated heterocycles. The van der Waals surface area contributed by atoms with Gasteiger partial charge in [0.15, 0.2) is 0 Å². The van der Waals surface area contributed by atoms with E-state index in [1.807, 2.05) is 18.2 Å². The summed E-state index contributed by atoms with van der Waals surface area (Å²) in [4.78, 5) is 18.9. The second kappa shape index (κ2) is 16.8. The van der Waals surface area contributed by atoms with E-state index < -0.39 is 8.07 Å². The Kier molecular flexibility index (Phi) is 11.7. The van der Waals surface area contributed by atoms with Crippen LogP contribution in [0.15, 0.2) is 91.0 Å². The first-order chi connectivity index (χ1) is 30.8. The lowest BCUT2D eigenvalue weighted by atomic mass is 9.78. The van der Waals surface area contributed by atoms with E-state index in [9.17, 15) is 0 Å². The summed E-state index contributed by atoms with van der Waals surface area (Å²) < 4.78 is 0. The zero-order valence-corrected chi connectivity index (χ0v) is 42.9. The van der Waals surface area contributed by atoms with Crippen LogP contribution in [0.4, 0.5) is 0 Å². The molecule has 0 radical (unpaired) electrons. The lowest BCUT2D eigenvalue weighted by molar-refractivity contribution is 0.568.